The molecule has 86 valence electrons. The van der Waals surface area contributed by atoms with Gasteiger partial charge >= 0.3 is 5.69 Å². The van der Waals surface area contributed by atoms with Gasteiger partial charge in [0.1, 0.15) is 0 Å². The summed E-state index contributed by atoms with van der Waals surface area (Å²) in [7, 11) is 0. The SMILES string of the molecule is O=c1ccn(Cc2cn3ccsc3n2)c(=O)[nH]1. The van der Waals surface area contributed by atoms with Crippen LogP contribution in [0.15, 0.2) is 39.6 Å². The van der Waals surface area contributed by atoms with Gasteiger partial charge in [-0.3, -0.25) is 18.7 Å². The van der Waals surface area contributed by atoms with E-state index in [0.717, 1.165) is 10.7 Å². The zero-order valence-electron chi connectivity index (χ0n) is 8.66. The summed E-state index contributed by atoms with van der Waals surface area (Å²) in [4.78, 5) is 29.8. The summed E-state index contributed by atoms with van der Waals surface area (Å²) in [6.07, 6.45) is 5.24. The normalized spacial score (nSPS) is 11.1. The monoisotopic (exact) mass is 248 g/mol. The Balaban J connectivity index is 1.99. The molecule has 6 nitrogen and oxygen atoms in total. The number of nitrogens with zero attached hydrogens (tertiary/aromatic N) is 3. The highest BCUT2D eigenvalue weighted by atomic mass is 32.1. The van der Waals surface area contributed by atoms with E-state index in [1.807, 2.05) is 22.2 Å². The zero-order valence-corrected chi connectivity index (χ0v) is 9.48. The quantitative estimate of drug-likeness (QED) is 0.708. The van der Waals surface area contributed by atoms with Crippen molar-refractivity contribution < 1.29 is 0 Å². The molecule has 3 aromatic heterocycles. The lowest BCUT2D eigenvalue weighted by Crippen LogP contribution is -2.28. The Morgan fingerprint density at radius 1 is 1.35 bits per heavy atom. The van der Waals surface area contributed by atoms with Crippen LogP contribution >= 0.6 is 11.3 Å². The number of nitrogens with one attached hydrogen (secondary N) is 1. The average Bonchev–Trinajstić information content (AvgIpc) is 2.82. The number of imidazole rings is 1. The van der Waals surface area contributed by atoms with Gasteiger partial charge in [-0.1, -0.05) is 0 Å². The van der Waals surface area contributed by atoms with Crippen LogP contribution in [0.25, 0.3) is 4.96 Å². The van der Waals surface area contributed by atoms with Crippen LogP contribution in [-0.4, -0.2) is 18.9 Å². The fourth-order valence-corrected chi connectivity index (χ4v) is 2.31. The van der Waals surface area contributed by atoms with Crippen molar-refractivity contribution in [2.45, 2.75) is 6.54 Å². The van der Waals surface area contributed by atoms with Crippen molar-refractivity contribution in [2.75, 3.05) is 0 Å². The number of aromatic nitrogens is 4. The Bertz CT molecular complexity index is 751. The van der Waals surface area contributed by atoms with Crippen LogP contribution in [0, 0.1) is 0 Å². The number of thiazole rings is 1. The fraction of sp³-hybridized carbons (Fsp3) is 0.100. The maximum absolute atomic E-state index is 11.5. The molecule has 0 aromatic carbocycles. The number of hydrogen-bond donors (Lipinski definition) is 1. The van der Waals surface area contributed by atoms with Crippen molar-refractivity contribution >= 4 is 16.3 Å². The first-order valence-electron chi connectivity index (χ1n) is 4.93. The molecule has 0 aliphatic heterocycles. The second-order valence-corrected chi connectivity index (χ2v) is 4.44. The number of hydrogen-bond acceptors (Lipinski definition) is 4. The molecule has 3 rings (SSSR count). The molecule has 0 saturated carbocycles. The molecule has 0 aliphatic carbocycles. The summed E-state index contributed by atoms with van der Waals surface area (Å²) < 4.78 is 3.31. The van der Waals surface area contributed by atoms with Gasteiger partial charge in [-0.05, 0) is 0 Å². The third kappa shape index (κ3) is 1.80. The van der Waals surface area contributed by atoms with Gasteiger partial charge in [-0.2, -0.15) is 0 Å². The maximum atomic E-state index is 11.5. The molecule has 0 atom stereocenters. The van der Waals surface area contributed by atoms with Crippen molar-refractivity contribution in [2.24, 2.45) is 0 Å². The van der Waals surface area contributed by atoms with E-state index in [2.05, 4.69) is 9.97 Å². The van der Waals surface area contributed by atoms with E-state index in [1.165, 1.54) is 28.2 Å². The van der Waals surface area contributed by atoms with E-state index in [1.54, 1.807) is 0 Å². The van der Waals surface area contributed by atoms with Gasteiger partial charge in [0, 0.05) is 30.0 Å². The summed E-state index contributed by atoms with van der Waals surface area (Å²) in [5, 5.41) is 1.94. The number of aromatic amines is 1. The minimum atomic E-state index is -0.422. The Morgan fingerprint density at radius 2 is 2.24 bits per heavy atom. The lowest BCUT2D eigenvalue weighted by molar-refractivity contribution is 0.709. The van der Waals surface area contributed by atoms with Crippen molar-refractivity contribution in [1.82, 2.24) is 18.9 Å². The maximum Gasteiger partial charge on any atom is 0.328 e. The fourth-order valence-electron chi connectivity index (χ4n) is 1.60. The largest absolute Gasteiger partial charge is 0.328 e. The molecule has 1 N–H and O–H groups in total. The Morgan fingerprint density at radius 3 is 3.00 bits per heavy atom. The summed E-state index contributed by atoms with van der Waals surface area (Å²) in [5.74, 6) is 0. The van der Waals surface area contributed by atoms with E-state index in [0.29, 0.717) is 6.54 Å². The summed E-state index contributed by atoms with van der Waals surface area (Å²) in [5.41, 5.74) is -0.0306. The summed E-state index contributed by atoms with van der Waals surface area (Å²) in [6.45, 7) is 0.351. The Labute approximate surface area is 98.8 Å². The lowest BCUT2D eigenvalue weighted by atomic mass is 10.4. The predicted molar refractivity (Wildman–Crippen MR) is 63.5 cm³/mol. The number of fused-ring (bicyclic) bond motifs is 1. The third-order valence-corrected chi connectivity index (χ3v) is 3.14. The summed E-state index contributed by atoms with van der Waals surface area (Å²) >= 11 is 1.53. The van der Waals surface area contributed by atoms with E-state index >= 15 is 0 Å². The van der Waals surface area contributed by atoms with Crippen LogP contribution in [0.2, 0.25) is 0 Å². The van der Waals surface area contributed by atoms with Gasteiger partial charge in [0.05, 0.1) is 12.2 Å². The molecule has 0 spiro atoms. The highest BCUT2D eigenvalue weighted by molar-refractivity contribution is 7.15. The minimum Gasteiger partial charge on any atom is -0.297 e. The Kier molecular flexibility index (Phi) is 2.19. The highest BCUT2D eigenvalue weighted by Crippen LogP contribution is 2.11. The van der Waals surface area contributed by atoms with Crippen LogP contribution < -0.4 is 11.2 Å². The molecule has 17 heavy (non-hydrogen) atoms. The first-order valence-corrected chi connectivity index (χ1v) is 5.81. The number of H-pyrrole nitrogens is 1. The van der Waals surface area contributed by atoms with Crippen molar-refractivity contribution in [3.8, 4) is 0 Å². The van der Waals surface area contributed by atoms with Crippen molar-refractivity contribution in [1.29, 1.82) is 0 Å². The Hall–Kier alpha value is -2.15. The first-order chi connectivity index (χ1) is 8.22. The zero-order chi connectivity index (χ0) is 11.8. The molecule has 0 unspecified atom stereocenters. The van der Waals surface area contributed by atoms with E-state index < -0.39 is 11.2 Å². The molecule has 7 heteroatoms. The second kappa shape index (κ2) is 3.70. The van der Waals surface area contributed by atoms with Crippen molar-refractivity contribution in [3.05, 3.63) is 56.6 Å². The van der Waals surface area contributed by atoms with Crippen LogP contribution in [-0.2, 0) is 6.54 Å². The van der Waals surface area contributed by atoms with Gasteiger partial charge in [0.25, 0.3) is 5.56 Å². The molecule has 3 heterocycles. The molecular weight excluding hydrogens is 240 g/mol. The van der Waals surface area contributed by atoms with Gasteiger partial charge in [-0.15, -0.1) is 11.3 Å². The van der Waals surface area contributed by atoms with Gasteiger partial charge in [-0.25, -0.2) is 9.78 Å². The topological polar surface area (TPSA) is 72.2 Å². The molecule has 0 amide bonds. The molecular formula is C10H8N4O2S. The van der Waals surface area contributed by atoms with Gasteiger partial charge < -0.3 is 0 Å². The molecule has 0 bridgehead atoms. The van der Waals surface area contributed by atoms with Crippen LogP contribution in [0.1, 0.15) is 5.69 Å². The highest BCUT2D eigenvalue weighted by Gasteiger charge is 2.04. The van der Waals surface area contributed by atoms with Crippen LogP contribution in [0.4, 0.5) is 0 Å². The van der Waals surface area contributed by atoms with Gasteiger partial charge in [0.15, 0.2) is 4.96 Å². The predicted octanol–water partition coefficient (Wildman–Crippen LogP) is 0.294. The van der Waals surface area contributed by atoms with Crippen LogP contribution in [0.5, 0.6) is 0 Å². The van der Waals surface area contributed by atoms with E-state index in [4.69, 9.17) is 0 Å². The van der Waals surface area contributed by atoms with Crippen molar-refractivity contribution in [3.63, 3.8) is 0 Å². The van der Waals surface area contributed by atoms with Crippen LogP contribution in [0.3, 0.4) is 0 Å². The molecule has 0 aliphatic rings. The summed E-state index contributed by atoms with van der Waals surface area (Å²) in [6, 6.07) is 1.32. The molecule has 3 aromatic rings. The lowest BCUT2D eigenvalue weighted by Gasteiger charge is -2.00. The first kappa shape index (κ1) is 10.0. The number of rotatable bonds is 2. The average molecular weight is 248 g/mol. The van der Waals surface area contributed by atoms with Gasteiger partial charge in [0.2, 0.25) is 0 Å². The molecule has 0 radical (unpaired) electrons. The standard InChI is InChI=1S/C10H8N4O2S/c15-8-1-2-13(9(16)12-8)5-7-6-14-3-4-17-10(14)11-7/h1-4,6H,5H2,(H,12,15,16). The van der Waals surface area contributed by atoms with E-state index in [9.17, 15) is 9.59 Å². The minimum absolute atomic E-state index is 0.351. The van der Waals surface area contributed by atoms with E-state index in [-0.39, 0.29) is 0 Å². The molecule has 0 fully saturated rings. The second-order valence-electron chi connectivity index (χ2n) is 3.56. The third-order valence-electron chi connectivity index (χ3n) is 2.37. The smallest absolute Gasteiger partial charge is 0.297 e. The molecule has 0 saturated heterocycles.